The number of aryl methyl sites for hydroxylation is 1. The van der Waals surface area contributed by atoms with Crippen LogP contribution in [0.3, 0.4) is 0 Å². The molecule has 0 saturated carbocycles. The first-order chi connectivity index (χ1) is 8.24. The van der Waals surface area contributed by atoms with Gasteiger partial charge in [0.2, 0.25) is 5.95 Å². The minimum absolute atomic E-state index is 0.280. The lowest BCUT2D eigenvalue weighted by Gasteiger charge is -2.04. The summed E-state index contributed by atoms with van der Waals surface area (Å²) in [5.41, 5.74) is 9.37. The number of pyridine rings is 2. The summed E-state index contributed by atoms with van der Waals surface area (Å²) in [5.74, 6) is 0.280. The molecule has 3 rings (SSSR count). The molecule has 0 saturated heterocycles. The first kappa shape index (κ1) is 9.77. The van der Waals surface area contributed by atoms with E-state index in [1.165, 1.54) is 0 Å². The Morgan fingerprint density at radius 2 is 2.18 bits per heavy atom. The zero-order valence-electron chi connectivity index (χ0n) is 9.33. The van der Waals surface area contributed by atoms with Crippen LogP contribution in [0.25, 0.3) is 16.9 Å². The number of fused-ring (bicyclic) bond motifs is 1. The van der Waals surface area contributed by atoms with Gasteiger partial charge >= 0.3 is 0 Å². The van der Waals surface area contributed by atoms with Gasteiger partial charge in [0.25, 0.3) is 0 Å². The van der Waals surface area contributed by atoms with E-state index in [1.807, 2.05) is 37.4 Å². The molecule has 0 fully saturated rings. The smallest absolute Gasteiger partial charge is 0.240 e. The van der Waals surface area contributed by atoms with E-state index in [0.717, 1.165) is 22.5 Å². The lowest BCUT2D eigenvalue weighted by molar-refractivity contribution is 0.965. The van der Waals surface area contributed by atoms with Gasteiger partial charge in [0.05, 0.1) is 5.69 Å². The molecule has 0 amide bonds. The Balaban J connectivity index is 2.26. The SMILES string of the molecule is Cc1cc2nc(N)nn2cc1-c1ccccn1. The highest BCUT2D eigenvalue weighted by molar-refractivity contribution is 5.65. The third kappa shape index (κ3) is 1.61. The number of aromatic nitrogens is 4. The number of rotatable bonds is 1. The van der Waals surface area contributed by atoms with Crippen LogP contribution < -0.4 is 5.73 Å². The summed E-state index contributed by atoms with van der Waals surface area (Å²) >= 11 is 0. The zero-order valence-corrected chi connectivity index (χ0v) is 9.33. The molecule has 0 unspecified atom stereocenters. The molecule has 0 radical (unpaired) electrons. The quantitative estimate of drug-likeness (QED) is 0.684. The van der Waals surface area contributed by atoms with Crippen molar-refractivity contribution in [3.05, 3.63) is 42.2 Å². The summed E-state index contributed by atoms with van der Waals surface area (Å²) < 4.78 is 1.67. The topological polar surface area (TPSA) is 69.1 Å². The summed E-state index contributed by atoms with van der Waals surface area (Å²) in [4.78, 5) is 8.45. The summed E-state index contributed by atoms with van der Waals surface area (Å²) in [7, 11) is 0. The molecule has 5 nitrogen and oxygen atoms in total. The average molecular weight is 225 g/mol. The summed E-state index contributed by atoms with van der Waals surface area (Å²) in [5, 5.41) is 4.10. The first-order valence-electron chi connectivity index (χ1n) is 5.28. The van der Waals surface area contributed by atoms with Crippen molar-refractivity contribution in [2.24, 2.45) is 0 Å². The molecule has 0 aliphatic rings. The van der Waals surface area contributed by atoms with Gasteiger partial charge in [-0.3, -0.25) is 4.98 Å². The molecule has 17 heavy (non-hydrogen) atoms. The Morgan fingerprint density at radius 3 is 2.94 bits per heavy atom. The second-order valence-corrected chi connectivity index (χ2v) is 3.86. The zero-order chi connectivity index (χ0) is 11.8. The van der Waals surface area contributed by atoms with E-state index in [-0.39, 0.29) is 5.95 Å². The van der Waals surface area contributed by atoms with E-state index in [0.29, 0.717) is 0 Å². The fourth-order valence-electron chi connectivity index (χ4n) is 1.83. The van der Waals surface area contributed by atoms with Gasteiger partial charge in [-0.25, -0.2) is 4.52 Å². The molecule has 0 aromatic carbocycles. The van der Waals surface area contributed by atoms with Crippen LogP contribution in [-0.2, 0) is 0 Å². The van der Waals surface area contributed by atoms with Crippen LogP contribution in [0.4, 0.5) is 5.95 Å². The average Bonchev–Trinajstić information content (AvgIpc) is 2.68. The maximum atomic E-state index is 5.57. The molecule has 0 spiro atoms. The molecule has 3 aromatic heterocycles. The first-order valence-corrected chi connectivity index (χ1v) is 5.28. The molecule has 5 heteroatoms. The fraction of sp³-hybridized carbons (Fsp3) is 0.0833. The van der Waals surface area contributed by atoms with E-state index in [2.05, 4.69) is 15.1 Å². The molecule has 3 aromatic rings. The van der Waals surface area contributed by atoms with Crippen molar-refractivity contribution in [1.29, 1.82) is 0 Å². The number of nitrogen functional groups attached to an aromatic ring is 1. The highest BCUT2D eigenvalue weighted by Crippen LogP contribution is 2.21. The molecule has 84 valence electrons. The van der Waals surface area contributed by atoms with Gasteiger partial charge in [0.1, 0.15) is 0 Å². The van der Waals surface area contributed by atoms with Crippen LogP contribution in [0.1, 0.15) is 5.56 Å². The number of nitrogens with zero attached hydrogens (tertiary/aromatic N) is 4. The van der Waals surface area contributed by atoms with Gasteiger partial charge in [-0.2, -0.15) is 4.98 Å². The van der Waals surface area contributed by atoms with E-state index < -0.39 is 0 Å². The Bertz CT molecular complexity index is 672. The Morgan fingerprint density at radius 1 is 1.29 bits per heavy atom. The van der Waals surface area contributed by atoms with Gasteiger partial charge in [-0.05, 0) is 30.7 Å². The van der Waals surface area contributed by atoms with E-state index in [4.69, 9.17) is 5.73 Å². The lowest BCUT2D eigenvalue weighted by Crippen LogP contribution is -1.94. The third-order valence-corrected chi connectivity index (χ3v) is 2.64. The van der Waals surface area contributed by atoms with Crippen LogP contribution in [-0.4, -0.2) is 19.6 Å². The molecule has 0 aliphatic heterocycles. The molecule has 2 N–H and O–H groups in total. The third-order valence-electron chi connectivity index (χ3n) is 2.64. The molecule has 3 heterocycles. The van der Waals surface area contributed by atoms with E-state index in [9.17, 15) is 0 Å². The molecule has 0 bridgehead atoms. The number of nitrogens with two attached hydrogens (primary N) is 1. The normalized spacial score (nSPS) is 10.9. The minimum Gasteiger partial charge on any atom is -0.366 e. The van der Waals surface area contributed by atoms with Crippen molar-refractivity contribution in [2.45, 2.75) is 6.92 Å². The Kier molecular flexibility index (Phi) is 2.04. The van der Waals surface area contributed by atoms with Crippen LogP contribution in [0.2, 0.25) is 0 Å². The number of anilines is 1. The largest absolute Gasteiger partial charge is 0.366 e. The van der Waals surface area contributed by atoms with Crippen molar-refractivity contribution in [1.82, 2.24) is 19.6 Å². The predicted molar refractivity (Wildman–Crippen MR) is 65.4 cm³/mol. The van der Waals surface area contributed by atoms with Gasteiger partial charge < -0.3 is 5.73 Å². The number of hydrogen-bond donors (Lipinski definition) is 1. The van der Waals surface area contributed by atoms with Crippen molar-refractivity contribution in [3.63, 3.8) is 0 Å². The summed E-state index contributed by atoms with van der Waals surface area (Å²) in [6.07, 6.45) is 3.67. The Labute approximate surface area is 97.9 Å². The standard InChI is InChI=1S/C12H11N5/c1-8-6-11-15-12(13)16-17(11)7-9(8)10-4-2-3-5-14-10/h2-7H,1H3,(H2,13,16). The summed E-state index contributed by atoms with van der Waals surface area (Å²) in [6.45, 7) is 2.02. The fourth-order valence-corrected chi connectivity index (χ4v) is 1.83. The number of hydrogen-bond acceptors (Lipinski definition) is 4. The van der Waals surface area contributed by atoms with Crippen LogP contribution >= 0.6 is 0 Å². The maximum absolute atomic E-state index is 5.57. The van der Waals surface area contributed by atoms with Crippen molar-refractivity contribution < 1.29 is 0 Å². The maximum Gasteiger partial charge on any atom is 0.240 e. The van der Waals surface area contributed by atoms with Crippen LogP contribution in [0.5, 0.6) is 0 Å². The van der Waals surface area contributed by atoms with Crippen molar-refractivity contribution in [2.75, 3.05) is 5.73 Å². The summed E-state index contributed by atoms with van der Waals surface area (Å²) in [6, 6.07) is 7.77. The molecule has 0 atom stereocenters. The van der Waals surface area contributed by atoms with Crippen molar-refractivity contribution >= 4 is 11.6 Å². The van der Waals surface area contributed by atoms with Crippen LogP contribution in [0.15, 0.2) is 36.7 Å². The van der Waals surface area contributed by atoms with Crippen molar-refractivity contribution in [3.8, 4) is 11.3 Å². The van der Waals surface area contributed by atoms with Crippen LogP contribution in [0, 0.1) is 6.92 Å². The molecular weight excluding hydrogens is 214 g/mol. The van der Waals surface area contributed by atoms with E-state index in [1.54, 1.807) is 10.7 Å². The van der Waals surface area contributed by atoms with Gasteiger partial charge in [0, 0.05) is 18.0 Å². The van der Waals surface area contributed by atoms with E-state index >= 15 is 0 Å². The Hall–Kier alpha value is -2.43. The lowest BCUT2D eigenvalue weighted by atomic mass is 10.1. The highest BCUT2D eigenvalue weighted by atomic mass is 15.3. The predicted octanol–water partition coefficient (Wildman–Crippen LogP) is 1.68. The second kappa shape index (κ2) is 3.55. The van der Waals surface area contributed by atoms with Gasteiger partial charge in [0.15, 0.2) is 5.65 Å². The highest BCUT2D eigenvalue weighted by Gasteiger charge is 2.07. The van der Waals surface area contributed by atoms with Gasteiger partial charge in [-0.15, -0.1) is 5.10 Å². The van der Waals surface area contributed by atoms with Gasteiger partial charge in [-0.1, -0.05) is 6.07 Å². The molecule has 0 aliphatic carbocycles. The molecular formula is C12H11N5. The monoisotopic (exact) mass is 225 g/mol. The second-order valence-electron chi connectivity index (χ2n) is 3.86. The minimum atomic E-state index is 0.280.